The van der Waals surface area contributed by atoms with Gasteiger partial charge in [0.15, 0.2) is 6.10 Å². The van der Waals surface area contributed by atoms with E-state index in [0.29, 0.717) is 19.3 Å². The van der Waals surface area contributed by atoms with Crippen LogP contribution in [0, 0.1) is 11.8 Å². The highest BCUT2D eigenvalue weighted by Gasteiger charge is 2.19. The summed E-state index contributed by atoms with van der Waals surface area (Å²) in [4.78, 5) is 37.8. The average molecular weight is 835 g/mol. The lowest BCUT2D eigenvalue weighted by Gasteiger charge is -2.18. The van der Waals surface area contributed by atoms with E-state index in [1.165, 1.54) is 180 Å². The lowest BCUT2D eigenvalue weighted by atomic mass is 9.99. The van der Waals surface area contributed by atoms with Crippen LogP contribution in [0.1, 0.15) is 291 Å². The van der Waals surface area contributed by atoms with Crippen molar-refractivity contribution in [1.82, 2.24) is 0 Å². The molecule has 0 aliphatic rings. The van der Waals surface area contributed by atoms with E-state index in [9.17, 15) is 14.4 Å². The quantitative estimate of drug-likeness (QED) is 0.0345. The number of carbonyl (C=O) groups is 3. The summed E-state index contributed by atoms with van der Waals surface area (Å²) in [5.41, 5.74) is 0. The number of hydrogen-bond donors (Lipinski definition) is 0. The SMILES string of the molecule is CCCCCCCCCCCC(=O)OC[C@H](COC(=O)CCCCCCCCC(C)CC)OC(=O)CCCCCCCCCCCCCCCCCCCCC(C)CC. The van der Waals surface area contributed by atoms with Crippen molar-refractivity contribution in [3.63, 3.8) is 0 Å². The van der Waals surface area contributed by atoms with Crippen molar-refractivity contribution >= 4 is 17.9 Å². The van der Waals surface area contributed by atoms with E-state index in [0.717, 1.165) is 69.6 Å². The minimum Gasteiger partial charge on any atom is -0.462 e. The molecule has 0 aliphatic heterocycles. The van der Waals surface area contributed by atoms with Gasteiger partial charge in [-0.25, -0.2) is 0 Å². The summed E-state index contributed by atoms with van der Waals surface area (Å²) in [6.45, 7) is 11.4. The molecule has 0 aliphatic carbocycles. The van der Waals surface area contributed by atoms with Crippen molar-refractivity contribution in [3.05, 3.63) is 0 Å². The molecule has 0 aromatic heterocycles. The Morgan fingerprint density at radius 2 is 0.593 bits per heavy atom. The van der Waals surface area contributed by atoms with Gasteiger partial charge in [-0.1, -0.05) is 253 Å². The molecular weight excluding hydrogens is 733 g/mol. The molecule has 0 saturated carbocycles. The summed E-state index contributed by atoms with van der Waals surface area (Å²) in [6.07, 6.45) is 46.7. The highest BCUT2D eigenvalue weighted by atomic mass is 16.6. The van der Waals surface area contributed by atoms with Gasteiger partial charge in [0.2, 0.25) is 0 Å². The smallest absolute Gasteiger partial charge is 0.306 e. The predicted octanol–water partition coefficient (Wildman–Crippen LogP) is 16.9. The van der Waals surface area contributed by atoms with Crippen molar-refractivity contribution in [2.45, 2.75) is 298 Å². The van der Waals surface area contributed by atoms with Gasteiger partial charge in [-0.15, -0.1) is 0 Å². The van der Waals surface area contributed by atoms with Crippen molar-refractivity contribution in [1.29, 1.82) is 0 Å². The first-order valence-electron chi connectivity index (χ1n) is 26.3. The number of ether oxygens (including phenoxy) is 3. The molecular formula is C53H102O6. The molecule has 0 saturated heterocycles. The van der Waals surface area contributed by atoms with E-state index < -0.39 is 6.10 Å². The van der Waals surface area contributed by atoms with Gasteiger partial charge in [-0.3, -0.25) is 14.4 Å². The highest BCUT2D eigenvalue weighted by molar-refractivity contribution is 5.71. The molecule has 0 radical (unpaired) electrons. The summed E-state index contributed by atoms with van der Waals surface area (Å²) in [5, 5.41) is 0. The van der Waals surface area contributed by atoms with E-state index in [1.807, 2.05) is 0 Å². The number of hydrogen-bond acceptors (Lipinski definition) is 6. The Balaban J connectivity index is 4.17. The van der Waals surface area contributed by atoms with E-state index in [4.69, 9.17) is 14.2 Å². The van der Waals surface area contributed by atoms with E-state index in [-0.39, 0.29) is 31.1 Å². The normalized spacial score (nSPS) is 13.0. The molecule has 0 aromatic rings. The maximum atomic E-state index is 12.8. The van der Waals surface area contributed by atoms with Gasteiger partial charge in [0.05, 0.1) is 0 Å². The van der Waals surface area contributed by atoms with Crippen molar-refractivity contribution in [2.24, 2.45) is 11.8 Å². The van der Waals surface area contributed by atoms with E-state index in [1.54, 1.807) is 0 Å². The summed E-state index contributed by atoms with van der Waals surface area (Å²) >= 11 is 0. The fourth-order valence-electron chi connectivity index (χ4n) is 7.93. The highest BCUT2D eigenvalue weighted by Crippen LogP contribution is 2.18. The summed E-state index contributed by atoms with van der Waals surface area (Å²) in [5.74, 6) is 0.869. The van der Waals surface area contributed by atoms with Crippen LogP contribution >= 0.6 is 0 Å². The molecule has 0 rings (SSSR count). The molecule has 0 aromatic carbocycles. The van der Waals surface area contributed by atoms with Crippen LogP contribution in [0.15, 0.2) is 0 Å². The third kappa shape index (κ3) is 44.3. The van der Waals surface area contributed by atoms with E-state index >= 15 is 0 Å². The van der Waals surface area contributed by atoms with Crippen LogP contribution in [0.2, 0.25) is 0 Å². The Labute approximate surface area is 368 Å². The molecule has 0 bridgehead atoms. The molecule has 0 fully saturated rings. The Morgan fingerprint density at radius 3 is 0.881 bits per heavy atom. The Kier molecular flexibility index (Phi) is 44.7. The summed E-state index contributed by atoms with van der Waals surface area (Å²) < 4.78 is 16.8. The van der Waals surface area contributed by atoms with Crippen LogP contribution in [0.25, 0.3) is 0 Å². The predicted molar refractivity (Wildman–Crippen MR) is 252 cm³/mol. The molecule has 0 amide bonds. The minimum absolute atomic E-state index is 0.0647. The van der Waals surface area contributed by atoms with Gasteiger partial charge in [0, 0.05) is 19.3 Å². The van der Waals surface area contributed by atoms with Gasteiger partial charge in [0.25, 0.3) is 0 Å². The second-order valence-electron chi connectivity index (χ2n) is 18.6. The Morgan fingerprint density at radius 1 is 0.339 bits per heavy atom. The van der Waals surface area contributed by atoms with Crippen molar-refractivity contribution in [3.8, 4) is 0 Å². The van der Waals surface area contributed by atoms with Crippen LogP contribution in [-0.4, -0.2) is 37.2 Å². The molecule has 0 spiro atoms. The fraction of sp³-hybridized carbons (Fsp3) is 0.943. The fourth-order valence-corrected chi connectivity index (χ4v) is 7.93. The van der Waals surface area contributed by atoms with Gasteiger partial charge in [-0.2, -0.15) is 0 Å². The first-order valence-corrected chi connectivity index (χ1v) is 26.3. The number of esters is 3. The first-order chi connectivity index (χ1) is 28.8. The minimum atomic E-state index is -0.761. The van der Waals surface area contributed by atoms with E-state index in [2.05, 4.69) is 34.6 Å². The van der Waals surface area contributed by atoms with Crippen LogP contribution in [0.4, 0.5) is 0 Å². The van der Waals surface area contributed by atoms with Gasteiger partial charge in [-0.05, 0) is 31.1 Å². The standard InChI is InChI=1S/C53H102O6/c1-6-9-10-11-12-23-27-33-38-43-51(54)57-46-50(47-58-52(55)44-39-34-30-29-32-37-42-49(5)8-3)59-53(56)45-40-35-28-25-22-20-18-16-14-13-15-17-19-21-24-26-31-36-41-48(4)7-2/h48-50H,6-47H2,1-5H3/t48?,49?,50-/m1/s1. The largest absolute Gasteiger partial charge is 0.462 e. The number of carbonyl (C=O) groups excluding carboxylic acids is 3. The zero-order chi connectivity index (χ0) is 43.3. The maximum absolute atomic E-state index is 12.8. The average Bonchev–Trinajstić information content (AvgIpc) is 3.23. The molecule has 0 N–H and O–H groups in total. The second-order valence-corrected chi connectivity index (χ2v) is 18.6. The molecule has 59 heavy (non-hydrogen) atoms. The molecule has 0 heterocycles. The lowest BCUT2D eigenvalue weighted by Crippen LogP contribution is -2.30. The molecule has 6 heteroatoms. The zero-order valence-corrected chi connectivity index (χ0v) is 40.4. The number of rotatable bonds is 47. The van der Waals surface area contributed by atoms with Crippen molar-refractivity contribution < 1.29 is 28.6 Å². The number of unbranched alkanes of at least 4 members (excludes halogenated alkanes) is 30. The van der Waals surface area contributed by atoms with Gasteiger partial charge in [0.1, 0.15) is 13.2 Å². The second kappa shape index (κ2) is 45.9. The van der Waals surface area contributed by atoms with Crippen LogP contribution in [0.3, 0.4) is 0 Å². The van der Waals surface area contributed by atoms with Gasteiger partial charge >= 0.3 is 17.9 Å². The molecule has 6 nitrogen and oxygen atoms in total. The Bertz CT molecular complexity index is 904. The van der Waals surface area contributed by atoms with Crippen LogP contribution < -0.4 is 0 Å². The Hall–Kier alpha value is -1.59. The molecule has 3 atom stereocenters. The monoisotopic (exact) mass is 835 g/mol. The summed E-state index contributed by atoms with van der Waals surface area (Å²) in [6, 6.07) is 0. The first kappa shape index (κ1) is 57.4. The topological polar surface area (TPSA) is 78.9 Å². The van der Waals surface area contributed by atoms with Gasteiger partial charge < -0.3 is 14.2 Å². The van der Waals surface area contributed by atoms with Crippen LogP contribution in [0.5, 0.6) is 0 Å². The molecule has 350 valence electrons. The van der Waals surface area contributed by atoms with Crippen molar-refractivity contribution in [2.75, 3.05) is 13.2 Å². The molecule has 2 unspecified atom stereocenters. The maximum Gasteiger partial charge on any atom is 0.306 e. The summed E-state index contributed by atoms with van der Waals surface area (Å²) in [7, 11) is 0. The third-order valence-corrected chi connectivity index (χ3v) is 12.7. The zero-order valence-electron chi connectivity index (χ0n) is 40.4. The third-order valence-electron chi connectivity index (χ3n) is 12.7. The van der Waals surface area contributed by atoms with Crippen LogP contribution in [-0.2, 0) is 28.6 Å². The lowest BCUT2D eigenvalue weighted by molar-refractivity contribution is -0.167.